The van der Waals surface area contributed by atoms with E-state index in [4.69, 9.17) is 21.1 Å². The van der Waals surface area contributed by atoms with E-state index in [1.54, 1.807) is 0 Å². The highest BCUT2D eigenvalue weighted by Crippen LogP contribution is 2.38. The maximum atomic E-state index is 6.34. The van der Waals surface area contributed by atoms with E-state index in [1.165, 1.54) is 5.56 Å². The van der Waals surface area contributed by atoms with E-state index < -0.39 is 0 Å². The topological polar surface area (TPSA) is 21.8 Å². The van der Waals surface area contributed by atoms with Crippen molar-refractivity contribution in [2.24, 2.45) is 5.92 Å². The van der Waals surface area contributed by atoms with Crippen LogP contribution < -0.4 is 4.74 Å². The zero-order valence-corrected chi connectivity index (χ0v) is 13.9. The molecular formula is C17H25ClO2. The highest BCUT2D eigenvalue weighted by atomic mass is 35.5. The predicted molar refractivity (Wildman–Crippen MR) is 83.9 cm³/mol. The lowest BCUT2D eigenvalue weighted by Crippen LogP contribution is -2.13. The second-order valence-electron chi connectivity index (χ2n) is 5.77. The highest BCUT2D eigenvalue weighted by molar-refractivity contribution is 6.31. The Morgan fingerprint density at radius 3 is 2.60 bits per heavy atom. The van der Waals surface area contributed by atoms with Gasteiger partial charge in [-0.1, -0.05) is 25.4 Å². The molecule has 1 heterocycles. The summed E-state index contributed by atoms with van der Waals surface area (Å²) in [6.45, 7) is 11.3. The molecule has 1 aliphatic heterocycles. The molecule has 3 unspecified atom stereocenters. The Hall–Kier alpha value is -0.730. The first-order valence-corrected chi connectivity index (χ1v) is 7.94. The summed E-state index contributed by atoms with van der Waals surface area (Å²) in [5.41, 5.74) is 3.50. The van der Waals surface area contributed by atoms with Crippen molar-refractivity contribution in [2.75, 3.05) is 6.61 Å². The number of epoxide rings is 1. The largest absolute Gasteiger partial charge is 0.493 e. The number of hydrogen-bond acceptors (Lipinski definition) is 2. The number of benzene rings is 1. The Morgan fingerprint density at radius 1 is 1.35 bits per heavy atom. The fourth-order valence-electron chi connectivity index (χ4n) is 2.93. The Morgan fingerprint density at radius 2 is 2.05 bits per heavy atom. The van der Waals surface area contributed by atoms with Crippen LogP contribution in [-0.2, 0) is 11.2 Å². The molecule has 0 aliphatic carbocycles. The van der Waals surface area contributed by atoms with Crippen LogP contribution in [0.4, 0.5) is 0 Å². The number of halogens is 1. The normalized spacial score (nSPS) is 22.7. The Balaban J connectivity index is 2.25. The quantitative estimate of drug-likeness (QED) is 0.709. The summed E-state index contributed by atoms with van der Waals surface area (Å²) in [7, 11) is 0. The molecule has 2 nitrogen and oxygen atoms in total. The smallest absolute Gasteiger partial charge is 0.125 e. The summed E-state index contributed by atoms with van der Waals surface area (Å²) >= 11 is 6.34. The van der Waals surface area contributed by atoms with Gasteiger partial charge in [0, 0.05) is 5.02 Å². The van der Waals surface area contributed by atoms with Crippen LogP contribution in [0.2, 0.25) is 5.02 Å². The van der Waals surface area contributed by atoms with Gasteiger partial charge >= 0.3 is 0 Å². The third-order valence-electron chi connectivity index (χ3n) is 4.19. The van der Waals surface area contributed by atoms with Gasteiger partial charge in [0.25, 0.3) is 0 Å². The van der Waals surface area contributed by atoms with Crippen molar-refractivity contribution in [1.82, 2.24) is 0 Å². The summed E-state index contributed by atoms with van der Waals surface area (Å²) in [6, 6.07) is 2.00. The van der Waals surface area contributed by atoms with Gasteiger partial charge in [0.2, 0.25) is 0 Å². The fourth-order valence-corrected chi connectivity index (χ4v) is 3.21. The van der Waals surface area contributed by atoms with Crippen molar-refractivity contribution in [2.45, 2.75) is 59.7 Å². The van der Waals surface area contributed by atoms with Gasteiger partial charge in [-0.05, 0) is 62.3 Å². The van der Waals surface area contributed by atoms with Gasteiger partial charge in [-0.2, -0.15) is 0 Å². The van der Waals surface area contributed by atoms with Crippen LogP contribution in [-0.4, -0.2) is 18.8 Å². The van der Waals surface area contributed by atoms with Gasteiger partial charge in [-0.25, -0.2) is 0 Å². The molecule has 112 valence electrons. The Bertz CT molecular complexity index is 484. The van der Waals surface area contributed by atoms with Crippen LogP contribution in [0, 0.1) is 19.8 Å². The minimum absolute atomic E-state index is 0.396. The zero-order valence-electron chi connectivity index (χ0n) is 13.1. The molecule has 0 spiro atoms. The third-order valence-corrected chi connectivity index (χ3v) is 4.58. The highest BCUT2D eigenvalue weighted by Gasteiger charge is 2.41. The van der Waals surface area contributed by atoms with Crippen LogP contribution in [0.25, 0.3) is 0 Å². The minimum atomic E-state index is 0.396. The van der Waals surface area contributed by atoms with E-state index in [2.05, 4.69) is 27.7 Å². The van der Waals surface area contributed by atoms with Crippen LogP contribution in [0.5, 0.6) is 5.75 Å². The van der Waals surface area contributed by atoms with Crippen molar-refractivity contribution in [3.05, 3.63) is 27.8 Å². The lowest BCUT2D eigenvalue weighted by molar-refractivity contribution is 0.313. The molecule has 0 amide bonds. The maximum absolute atomic E-state index is 6.34. The molecule has 0 bridgehead atoms. The molecule has 3 heteroatoms. The van der Waals surface area contributed by atoms with Crippen molar-refractivity contribution in [3.63, 3.8) is 0 Å². The summed E-state index contributed by atoms with van der Waals surface area (Å²) < 4.78 is 11.6. The first-order chi connectivity index (χ1) is 9.49. The van der Waals surface area contributed by atoms with Crippen molar-refractivity contribution < 1.29 is 9.47 Å². The molecule has 3 atom stereocenters. The number of ether oxygens (including phenoxy) is 2. The maximum Gasteiger partial charge on any atom is 0.125 e. The molecule has 1 aliphatic rings. The van der Waals surface area contributed by atoms with Gasteiger partial charge in [-0.15, -0.1) is 0 Å². The van der Waals surface area contributed by atoms with Crippen LogP contribution in [0.3, 0.4) is 0 Å². The van der Waals surface area contributed by atoms with Gasteiger partial charge in [0.1, 0.15) is 5.75 Å². The van der Waals surface area contributed by atoms with Crippen molar-refractivity contribution in [1.29, 1.82) is 0 Å². The number of rotatable bonds is 6. The van der Waals surface area contributed by atoms with Crippen molar-refractivity contribution >= 4 is 11.6 Å². The second-order valence-corrected chi connectivity index (χ2v) is 6.18. The van der Waals surface area contributed by atoms with Gasteiger partial charge in [0.05, 0.1) is 18.8 Å². The lowest BCUT2D eigenvalue weighted by atomic mass is 9.91. The molecule has 2 rings (SSSR count). The van der Waals surface area contributed by atoms with E-state index in [0.29, 0.717) is 24.7 Å². The molecule has 0 saturated carbocycles. The molecule has 1 aromatic rings. The lowest BCUT2D eigenvalue weighted by Gasteiger charge is -2.19. The summed E-state index contributed by atoms with van der Waals surface area (Å²) in [4.78, 5) is 0. The Labute approximate surface area is 127 Å². The number of aryl methyl sites for hydroxylation is 1. The van der Waals surface area contributed by atoms with E-state index in [-0.39, 0.29) is 0 Å². The summed E-state index contributed by atoms with van der Waals surface area (Å²) in [5.74, 6) is 1.51. The third kappa shape index (κ3) is 3.12. The van der Waals surface area contributed by atoms with E-state index in [9.17, 15) is 0 Å². The predicted octanol–water partition coefficient (Wildman–Crippen LogP) is 4.71. The molecule has 1 fully saturated rings. The number of hydrogen-bond donors (Lipinski definition) is 0. The van der Waals surface area contributed by atoms with E-state index >= 15 is 0 Å². The Kier molecular flexibility index (Phi) is 4.98. The molecule has 1 saturated heterocycles. The molecule has 0 aromatic heterocycles. The van der Waals surface area contributed by atoms with Crippen LogP contribution in [0.1, 0.15) is 43.9 Å². The summed E-state index contributed by atoms with van der Waals surface area (Å²) in [6.07, 6.45) is 2.90. The molecule has 0 N–H and O–H groups in total. The SMILES string of the molecule is CCOc1c(C)cc(Cl)c(C)c1CC(C)C1OC1CC. The first-order valence-electron chi connectivity index (χ1n) is 7.56. The monoisotopic (exact) mass is 296 g/mol. The van der Waals surface area contributed by atoms with Gasteiger partial charge < -0.3 is 9.47 Å². The first kappa shape index (κ1) is 15.7. The van der Waals surface area contributed by atoms with E-state index in [0.717, 1.165) is 34.7 Å². The van der Waals surface area contributed by atoms with Gasteiger partial charge in [0.15, 0.2) is 0 Å². The van der Waals surface area contributed by atoms with Crippen molar-refractivity contribution in [3.8, 4) is 5.75 Å². The summed E-state index contributed by atoms with van der Waals surface area (Å²) in [5, 5.41) is 0.830. The van der Waals surface area contributed by atoms with Crippen LogP contribution in [0.15, 0.2) is 6.07 Å². The van der Waals surface area contributed by atoms with Gasteiger partial charge in [-0.3, -0.25) is 0 Å². The van der Waals surface area contributed by atoms with Crippen LogP contribution >= 0.6 is 11.6 Å². The van der Waals surface area contributed by atoms with E-state index in [1.807, 2.05) is 13.0 Å². The molecule has 20 heavy (non-hydrogen) atoms. The zero-order chi connectivity index (χ0) is 14.9. The standard InChI is InChI=1S/C17H25ClO2/c1-6-15-17(20-15)10(3)8-13-12(5)14(18)9-11(4)16(13)19-7-2/h9-10,15,17H,6-8H2,1-5H3. The average molecular weight is 297 g/mol. The molecule has 0 radical (unpaired) electrons. The second kappa shape index (κ2) is 6.36. The molecule has 1 aromatic carbocycles. The average Bonchev–Trinajstić information content (AvgIpc) is 3.19. The minimum Gasteiger partial charge on any atom is -0.493 e. The molecular weight excluding hydrogens is 272 g/mol. The fraction of sp³-hybridized carbons (Fsp3) is 0.647.